The number of nitrogens with zero attached hydrogens (tertiary/aromatic N) is 2. The summed E-state index contributed by atoms with van der Waals surface area (Å²) in [5.74, 6) is 2.33. The third-order valence-corrected chi connectivity index (χ3v) is 3.49. The van der Waals surface area contributed by atoms with Crippen LogP contribution in [0.25, 0.3) is 0 Å². The number of nitrogens with one attached hydrogen (secondary N) is 2. The van der Waals surface area contributed by atoms with E-state index in [1.165, 1.54) is 0 Å². The van der Waals surface area contributed by atoms with Gasteiger partial charge in [0, 0.05) is 29.9 Å². The number of methoxy groups -OCH3 is 1. The Kier molecular flexibility index (Phi) is 5.58. The van der Waals surface area contributed by atoms with Gasteiger partial charge in [0.25, 0.3) is 0 Å². The number of anilines is 2. The quantitative estimate of drug-likeness (QED) is 0.818. The maximum Gasteiger partial charge on any atom is 0.225 e. The van der Waals surface area contributed by atoms with Crippen molar-refractivity contribution in [3.63, 3.8) is 0 Å². The Balaban J connectivity index is 2.09. The molecule has 0 bridgehead atoms. The minimum absolute atomic E-state index is 0.386. The predicted octanol–water partition coefficient (Wildman–Crippen LogP) is 3.62. The molecule has 0 amide bonds. The molecule has 0 fully saturated rings. The van der Waals surface area contributed by atoms with Gasteiger partial charge in [0.15, 0.2) is 0 Å². The zero-order valence-electron chi connectivity index (χ0n) is 13.7. The Morgan fingerprint density at radius 1 is 1.23 bits per heavy atom. The van der Waals surface area contributed by atoms with Crippen LogP contribution in [-0.4, -0.2) is 23.1 Å². The molecule has 0 spiro atoms. The van der Waals surface area contributed by atoms with E-state index >= 15 is 0 Å². The molecule has 0 aliphatic rings. The molecule has 118 valence electrons. The lowest BCUT2D eigenvalue weighted by molar-refractivity contribution is 0.410. The van der Waals surface area contributed by atoms with Gasteiger partial charge in [-0.05, 0) is 26.3 Å². The highest BCUT2D eigenvalue weighted by Crippen LogP contribution is 2.19. The first kappa shape index (κ1) is 16.1. The summed E-state index contributed by atoms with van der Waals surface area (Å²) < 4.78 is 5.36. The maximum absolute atomic E-state index is 5.36. The molecule has 0 aliphatic heterocycles. The van der Waals surface area contributed by atoms with Gasteiger partial charge < -0.3 is 15.4 Å². The van der Waals surface area contributed by atoms with Crippen molar-refractivity contribution in [1.82, 2.24) is 9.97 Å². The first-order valence-corrected chi connectivity index (χ1v) is 7.60. The van der Waals surface area contributed by atoms with Crippen LogP contribution < -0.4 is 15.4 Å². The van der Waals surface area contributed by atoms with Gasteiger partial charge in [-0.15, -0.1) is 0 Å². The first-order chi connectivity index (χ1) is 10.6. The van der Waals surface area contributed by atoms with E-state index in [0.717, 1.165) is 29.2 Å². The summed E-state index contributed by atoms with van der Waals surface area (Å²) in [5.41, 5.74) is 2.01. The van der Waals surface area contributed by atoms with Gasteiger partial charge in [0.2, 0.25) is 5.95 Å². The van der Waals surface area contributed by atoms with Crippen LogP contribution in [0.1, 0.15) is 31.5 Å². The average Bonchev–Trinajstić information content (AvgIpc) is 2.52. The van der Waals surface area contributed by atoms with Gasteiger partial charge in [0.05, 0.1) is 7.11 Å². The zero-order valence-corrected chi connectivity index (χ0v) is 13.7. The highest BCUT2D eigenvalue weighted by Gasteiger charge is 2.06. The van der Waals surface area contributed by atoms with Crippen molar-refractivity contribution in [2.45, 2.75) is 39.8 Å². The summed E-state index contributed by atoms with van der Waals surface area (Å²) >= 11 is 0. The van der Waals surface area contributed by atoms with Crippen molar-refractivity contribution in [2.24, 2.45) is 0 Å². The SMILES string of the molecule is CCC(C)Nc1cc(C)nc(NCc2ccccc2OC)n1. The second-order valence-electron chi connectivity index (χ2n) is 5.34. The normalized spacial score (nSPS) is 11.8. The molecule has 5 nitrogen and oxygen atoms in total. The molecule has 0 saturated heterocycles. The Hall–Kier alpha value is -2.30. The summed E-state index contributed by atoms with van der Waals surface area (Å²) in [4.78, 5) is 8.95. The fourth-order valence-corrected chi connectivity index (χ4v) is 2.10. The van der Waals surface area contributed by atoms with Crippen LogP contribution in [0.2, 0.25) is 0 Å². The van der Waals surface area contributed by atoms with Crippen LogP contribution in [0.3, 0.4) is 0 Å². The predicted molar refractivity (Wildman–Crippen MR) is 90.5 cm³/mol. The van der Waals surface area contributed by atoms with Crippen LogP contribution >= 0.6 is 0 Å². The number of rotatable bonds is 7. The van der Waals surface area contributed by atoms with E-state index in [9.17, 15) is 0 Å². The Bertz CT molecular complexity index is 615. The van der Waals surface area contributed by atoms with Gasteiger partial charge in [-0.25, -0.2) is 4.98 Å². The number of aryl methyl sites for hydroxylation is 1. The van der Waals surface area contributed by atoms with E-state index in [1.807, 2.05) is 37.3 Å². The average molecular weight is 300 g/mol. The van der Waals surface area contributed by atoms with Crippen LogP contribution in [0.15, 0.2) is 30.3 Å². The summed E-state index contributed by atoms with van der Waals surface area (Å²) in [5, 5.41) is 6.64. The highest BCUT2D eigenvalue weighted by atomic mass is 16.5. The molecule has 5 heteroatoms. The van der Waals surface area contributed by atoms with E-state index in [2.05, 4.69) is 34.4 Å². The van der Waals surface area contributed by atoms with E-state index in [4.69, 9.17) is 4.74 Å². The Morgan fingerprint density at radius 3 is 2.73 bits per heavy atom. The summed E-state index contributed by atoms with van der Waals surface area (Å²) in [7, 11) is 1.68. The van der Waals surface area contributed by atoms with Crippen molar-refractivity contribution in [3.05, 3.63) is 41.6 Å². The van der Waals surface area contributed by atoms with E-state index in [0.29, 0.717) is 18.5 Å². The number of hydrogen-bond acceptors (Lipinski definition) is 5. The molecule has 0 saturated carbocycles. The molecular weight excluding hydrogens is 276 g/mol. The molecule has 1 unspecified atom stereocenters. The molecule has 1 heterocycles. The van der Waals surface area contributed by atoms with Crippen LogP contribution in [-0.2, 0) is 6.54 Å². The zero-order chi connectivity index (χ0) is 15.9. The fourth-order valence-electron chi connectivity index (χ4n) is 2.10. The second kappa shape index (κ2) is 7.64. The lowest BCUT2D eigenvalue weighted by Crippen LogP contribution is -2.16. The summed E-state index contributed by atoms with van der Waals surface area (Å²) in [6.45, 7) is 6.87. The molecule has 2 rings (SSSR count). The minimum Gasteiger partial charge on any atom is -0.496 e. The lowest BCUT2D eigenvalue weighted by Gasteiger charge is -2.14. The highest BCUT2D eigenvalue weighted by molar-refractivity contribution is 5.44. The van der Waals surface area contributed by atoms with Crippen LogP contribution in [0.5, 0.6) is 5.75 Å². The number of ether oxygens (including phenoxy) is 1. The smallest absolute Gasteiger partial charge is 0.225 e. The molecule has 2 aromatic rings. The Morgan fingerprint density at radius 2 is 2.00 bits per heavy atom. The topological polar surface area (TPSA) is 59.1 Å². The Labute approximate surface area is 132 Å². The molecule has 1 aromatic carbocycles. The number of hydrogen-bond donors (Lipinski definition) is 2. The van der Waals surface area contributed by atoms with E-state index in [-0.39, 0.29) is 0 Å². The first-order valence-electron chi connectivity index (χ1n) is 7.60. The van der Waals surface area contributed by atoms with Gasteiger partial charge >= 0.3 is 0 Å². The van der Waals surface area contributed by atoms with Crippen molar-refractivity contribution in [3.8, 4) is 5.75 Å². The summed E-state index contributed by atoms with van der Waals surface area (Å²) in [6, 6.07) is 10.3. The standard InChI is InChI=1S/C17H24N4O/c1-5-12(2)19-16-10-13(3)20-17(21-16)18-11-14-8-6-7-9-15(14)22-4/h6-10,12H,5,11H2,1-4H3,(H2,18,19,20,21). The molecule has 1 aromatic heterocycles. The van der Waals surface area contributed by atoms with Crippen molar-refractivity contribution in [1.29, 1.82) is 0 Å². The van der Waals surface area contributed by atoms with Gasteiger partial charge in [-0.3, -0.25) is 0 Å². The minimum atomic E-state index is 0.386. The summed E-state index contributed by atoms with van der Waals surface area (Å²) in [6.07, 6.45) is 1.05. The van der Waals surface area contributed by atoms with Crippen LogP contribution in [0.4, 0.5) is 11.8 Å². The molecule has 0 radical (unpaired) electrons. The second-order valence-corrected chi connectivity index (χ2v) is 5.34. The number of benzene rings is 1. The molecule has 0 aliphatic carbocycles. The van der Waals surface area contributed by atoms with E-state index < -0.39 is 0 Å². The third kappa shape index (κ3) is 4.35. The van der Waals surface area contributed by atoms with Gasteiger partial charge in [-0.1, -0.05) is 25.1 Å². The van der Waals surface area contributed by atoms with Crippen molar-refractivity contribution >= 4 is 11.8 Å². The largest absolute Gasteiger partial charge is 0.496 e. The van der Waals surface area contributed by atoms with E-state index in [1.54, 1.807) is 7.11 Å². The van der Waals surface area contributed by atoms with Gasteiger partial charge in [0.1, 0.15) is 11.6 Å². The molecule has 22 heavy (non-hydrogen) atoms. The lowest BCUT2D eigenvalue weighted by atomic mass is 10.2. The fraction of sp³-hybridized carbons (Fsp3) is 0.412. The van der Waals surface area contributed by atoms with Crippen LogP contribution in [0, 0.1) is 6.92 Å². The maximum atomic E-state index is 5.36. The molecule has 1 atom stereocenters. The van der Waals surface area contributed by atoms with Gasteiger partial charge in [-0.2, -0.15) is 4.98 Å². The molecule has 2 N–H and O–H groups in total. The molecular formula is C17H24N4O. The third-order valence-electron chi connectivity index (χ3n) is 3.49. The van der Waals surface area contributed by atoms with Crippen molar-refractivity contribution < 1.29 is 4.74 Å². The number of aromatic nitrogens is 2. The monoisotopic (exact) mass is 300 g/mol. The van der Waals surface area contributed by atoms with Crippen molar-refractivity contribution in [2.75, 3.05) is 17.7 Å². The number of para-hydroxylation sites is 1.